The number of hydrazone groups is 1. The van der Waals surface area contributed by atoms with E-state index in [2.05, 4.69) is 10.5 Å². The molecule has 0 bridgehead atoms. The van der Waals surface area contributed by atoms with Crippen molar-refractivity contribution in [3.63, 3.8) is 0 Å². The maximum Gasteiger partial charge on any atom is 0.239 e. The van der Waals surface area contributed by atoms with E-state index in [1.165, 1.54) is 0 Å². The summed E-state index contributed by atoms with van der Waals surface area (Å²) in [6.45, 7) is 0.444. The first-order chi connectivity index (χ1) is 5.86. The van der Waals surface area contributed by atoms with Crippen molar-refractivity contribution >= 4 is 11.6 Å². The summed E-state index contributed by atoms with van der Waals surface area (Å²) in [4.78, 5) is 0. The van der Waals surface area contributed by atoms with Crippen molar-refractivity contribution < 1.29 is 4.74 Å². The minimum absolute atomic E-state index is 0.444. The summed E-state index contributed by atoms with van der Waals surface area (Å²) in [5.74, 6) is 0.620. The molecular weight excluding hydrogens is 154 g/mol. The fourth-order valence-electron chi connectivity index (χ4n) is 1.01. The Hall–Kier alpha value is -1.71. The van der Waals surface area contributed by atoms with Gasteiger partial charge >= 0.3 is 0 Å². The lowest BCUT2D eigenvalue weighted by molar-refractivity contribution is 0.316. The van der Waals surface area contributed by atoms with Gasteiger partial charge in [-0.25, -0.2) is 0 Å². The van der Waals surface area contributed by atoms with E-state index < -0.39 is 0 Å². The Morgan fingerprint density at radius 2 is 2.08 bits per heavy atom. The quantitative estimate of drug-likeness (QED) is 0.593. The van der Waals surface area contributed by atoms with Gasteiger partial charge in [0.25, 0.3) is 0 Å². The third-order valence-corrected chi connectivity index (χ3v) is 1.61. The van der Waals surface area contributed by atoms with Crippen LogP contribution in [0.3, 0.4) is 0 Å². The SMILES string of the molecule is Nc1ccc(C2=NNCO2)cc1. The van der Waals surface area contributed by atoms with Crippen LogP contribution in [0.15, 0.2) is 29.4 Å². The highest BCUT2D eigenvalue weighted by atomic mass is 16.5. The van der Waals surface area contributed by atoms with Crippen molar-refractivity contribution in [1.82, 2.24) is 5.43 Å². The zero-order valence-corrected chi connectivity index (χ0v) is 6.45. The molecule has 4 nitrogen and oxygen atoms in total. The van der Waals surface area contributed by atoms with Crippen molar-refractivity contribution in [1.29, 1.82) is 0 Å². The van der Waals surface area contributed by atoms with Crippen LogP contribution in [0.5, 0.6) is 0 Å². The predicted octanol–water partition coefficient (Wildman–Crippen LogP) is 0.508. The van der Waals surface area contributed by atoms with Crippen LogP contribution in [0.1, 0.15) is 5.56 Å². The fourth-order valence-corrected chi connectivity index (χ4v) is 1.01. The molecule has 1 heterocycles. The largest absolute Gasteiger partial charge is 0.454 e. The Labute approximate surface area is 70.0 Å². The van der Waals surface area contributed by atoms with E-state index in [9.17, 15) is 0 Å². The zero-order valence-electron chi connectivity index (χ0n) is 6.45. The van der Waals surface area contributed by atoms with E-state index >= 15 is 0 Å². The van der Waals surface area contributed by atoms with Gasteiger partial charge in [0.05, 0.1) is 0 Å². The van der Waals surface area contributed by atoms with E-state index in [0.717, 1.165) is 11.3 Å². The number of rotatable bonds is 1. The van der Waals surface area contributed by atoms with Crippen molar-refractivity contribution in [2.24, 2.45) is 5.10 Å². The standard InChI is InChI=1S/C8H9N3O/c9-7-3-1-6(2-4-7)8-11-10-5-12-8/h1-4,10H,5,9H2. The lowest BCUT2D eigenvalue weighted by atomic mass is 10.2. The van der Waals surface area contributed by atoms with Crippen LogP contribution in [0.4, 0.5) is 5.69 Å². The van der Waals surface area contributed by atoms with Gasteiger partial charge in [0.2, 0.25) is 5.90 Å². The summed E-state index contributed by atoms with van der Waals surface area (Å²) in [5.41, 5.74) is 9.93. The Balaban J connectivity index is 2.28. The number of hydrogen-bond donors (Lipinski definition) is 2. The maximum absolute atomic E-state index is 5.53. The molecule has 1 aliphatic rings. The van der Waals surface area contributed by atoms with Crippen LogP contribution in [0, 0.1) is 0 Å². The molecule has 0 radical (unpaired) electrons. The number of anilines is 1. The number of hydrogen-bond acceptors (Lipinski definition) is 4. The molecule has 0 atom stereocenters. The average Bonchev–Trinajstić information content (AvgIpc) is 2.58. The topological polar surface area (TPSA) is 59.6 Å². The molecule has 2 rings (SSSR count). The second kappa shape index (κ2) is 2.73. The highest BCUT2D eigenvalue weighted by Gasteiger charge is 2.08. The van der Waals surface area contributed by atoms with Gasteiger partial charge in [-0.05, 0) is 24.3 Å². The Morgan fingerprint density at radius 1 is 1.33 bits per heavy atom. The smallest absolute Gasteiger partial charge is 0.239 e. The van der Waals surface area contributed by atoms with Gasteiger partial charge in [0, 0.05) is 11.3 Å². The van der Waals surface area contributed by atoms with Crippen LogP contribution in [0.25, 0.3) is 0 Å². The zero-order chi connectivity index (χ0) is 8.39. The fraction of sp³-hybridized carbons (Fsp3) is 0.125. The summed E-state index contributed by atoms with van der Waals surface area (Å²) in [5, 5.41) is 3.94. The molecule has 62 valence electrons. The maximum atomic E-state index is 5.53. The molecule has 0 saturated carbocycles. The summed E-state index contributed by atoms with van der Waals surface area (Å²) in [6.07, 6.45) is 0. The van der Waals surface area contributed by atoms with Gasteiger partial charge in [-0.15, -0.1) is 5.10 Å². The van der Waals surface area contributed by atoms with Crippen molar-refractivity contribution in [3.8, 4) is 0 Å². The molecule has 1 aliphatic heterocycles. The van der Waals surface area contributed by atoms with Crippen LogP contribution < -0.4 is 11.2 Å². The average molecular weight is 163 g/mol. The Kier molecular flexibility index (Phi) is 1.59. The van der Waals surface area contributed by atoms with Crippen LogP contribution in [0.2, 0.25) is 0 Å². The molecule has 0 amide bonds. The highest BCUT2D eigenvalue weighted by molar-refractivity contribution is 5.94. The molecular formula is C8H9N3O. The molecule has 12 heavy (non-hydrogen) atoms. The first-order valence-corrected chi connectivity index (χ1v) is 3.65. The van der Waals surface area contributed by atoms with E-state index in [-0.39, 0.29) is 0 Å². The predicted molar refractivity (Wildman–Crippen MR) is 46.5 cm³/mol. The summed E-state index contributed by atoms with van der Waals surface area (Å²) in [7, 11) is 0. The lowest BCUT2D eigenvalue weighted by Crippen LogP contribution is -2.02. The number of nitrogens with one attached hydrogen (secondary N) is 1. The molecule has 0 unspecified atom stereocenters. The third-order valence-electron chi connectivity index (χ3n) is 1.61. The molecule has 0 spiro atoms. The Bertz CT molecular complexity index is 305. The van der Waals surface area contributed by atoms with Crippen molar-refractivity contribution in [2.45, 2.75) is 0 Å². The van der Waals surface area contributed by atoms with Crippen molar-refractivity contribution in [2.75, 3.05) is 12.5 Å². The van der Waals surface area contributed by atoms with Crippen LogP contribution >= 0.6 is 0 Å². The lowest BCUT2D eigenvalue weighted by Gasteiger charge is -1.99. The second-order valence-electron chi connectivity index (χ2n) is 2.49. The number of benzene rings is 1. The molecule has 4 heteroatoms. The van der Waals surface area contributed by atoms with E-state index in [1.807, 2.05) is 24.3 Å². The minimum atomic E-state index is 0.444. The van der Waals surface area contributed by atoms with Gasteiger partial charge in [-0.3, -0.25) is 5.43 Å². The number of nitrogens with two attached hydrogens (primary N) is 1. The second-order valence-corrected chi connectivity index (χ2v) is 2.49. The minimum Gasteiger partial charge on any atom is -0.454 e. The first kappa shape index (κ1) is 6.97. The molecule has 1 aromatic rings. The number of nitrogen functional groups attached to an aromatic ring is 1. The highest BCUT2D eigenvalue weighted by Crippen LogP contribution is 2.08. The van der Waals surface area contributed by atoms with Crippen LogP contribution in [-0.2, 0) is 4.74 Å². The number of nitrogens with zero attached hydrogens (tertiary/aromatic N) is 1. The van der Waals surface area contributed by atoms with Gasteiger partial charge in [-0.1, -0.05) is 0 Å². The molecule has 0 saturated heterocycles. The van der Waals surface area contributed by atoms with Crippen LogP contribution in [-0.4, -0.2) is 12.6 Å². The van der Waals surface area contributed by atoms with E-state index in [4.69, 9.17) is 10.5 Å². The summed E-state index contributed by atoms with van der Waals surface area (Å²) in [6, 6.07) is 7.39. The van der Waals surface area contributed by atoms with Gasteiger partial charge in [0.1, 0.15) is 0 Å². The number of ether oxygens (including phenoxy) is 1. The monoisotopic (exact) mass is 163 g/mol. The molecule has 3 N–H and O–H groups in total. The molecule has 0 aliphatic carbocycles. The van der Waals surface area contributed by atoms with Gasteiger partial charge in [0.15, 0.2) is 6.73 Å². The molecule has 0 fully saturated rings. The summed E-state index contributed by atoms with van der Waals surface area (Å²) < 4.78 is 5.18. The van der Waals surface area contributed by atoms with Crippen molar-refractivity contribution in [3.05, 3.63) is 29.8 Å². The normalized spacial score (nSPS) is 14.8. The van der Waals surface area contributed by atoms with Gasteiger partial charge < -0.3 is 10.5 Å². The first-order valence-electron chi connectivity index (χ1n) is 3.65. The van der Waals surface area contributed by atoms with E-state index in [0.29, 0.717) is 12.6 Å². The van der Waals surface area contributed by atoms with E-state index in [1.54, 1.807) is 0 Å². The molecule has 0 aromatic heterocycles. The molecule has 1 aromatic carbocycles. The third kappa shape index (κ3) is 1.18. The Morgan fingerprint density at radius 3 is 2.67 bits per heavy atom. The van der Waals surface area contributed by atoms with Gasteiger partial charge in [-0.2, -0.15) is 0 Å². The summed E-state index contributed by atoms with van der Waals surface area (Å²) >= 11 is 0.